The van der Waals surface area contributed by atoms with E-state index in [9.17, 15) is 4.79 Å². The molecule has 0 spiro atoms. The molecule has 0 aromatic heterocycles. The molecule has 1 fully saturated rings. The monoisotopic (exact) mass is 338 g/mol. The van der Waals surface area contributed by atoms with E-state index in [1.807, 2.05) is 6.92 Å². The first-order chi connectivity index (χ1) is 12.1. The minimum absolute atomic E-state index is 0.0143. The Labute approximate surface area is 149 Å². The standard InChI is InChI=1S/C21H26N2O2/c1-16(22-17(2)24)15-25-20-13-23(14-20)21(18-9-5-3-6-10-18)19-11-7-4-8-12-19/h3-12,16,20-21H,13-15H2,1-2H3,(H,22,24). The molecule has 1 heterocycles. The van der Waals surface area contributed by atoms with Gasteiger partial charge in [-0.15, -0.1) is 0 Å². The average Bonchev–Trinajstić information content (AvgIpc) is 2.57. The molecule has 2 aromatic rings. The first kappa shape index (κ1) is 17.6. The third-order valence-corrected chi connectivity index (χ3v) is 4.50. The van der Waals surface area contributed by atoms with Gasteiger partial charge in [0, 0.05) is 26.1 Å². The van der Waals surface area contributed by atoms with Gasteiger partial charge in [0.2, 0.25) is 5.91 Å². The first-order valence-corrected chi connectivity index (χ1v) is 8.86. The van der Waals surface area contributed by atoms with Crippen LogP contribution in [-0.4, -0.2) is 42.6 Å². The van der Waals surface area contributed by atoms with Crippen LogP contribution >= 0.6 is 0 Å². The maximum Gasteiger partial charge on any atom is 0.217 e. The number of ether oxygens (including phenoxy) is 1. The second kappa shape index (κ2) is 8.28. The molecule has 132 valence electrons. The number of likely N-dealkylation sites (tertiary alicyclic amines) is 1. The predicted molar refractivity (Wildman–Crippen MR) is 99.3 cm³/mol. The number of hydrogen-bond donors (Lipinski definition) is 1. The highest BCUT2D eigenvalue weighted by Gasteiger charge is 2.34. The van der Waals surface area contributed by atoms with Crippen LogP contribution in [0.25, 0.3) is 0 Å². The van der Waals surface area contributed by atoms with E-state index in [0.29, 0.717) is 6.61 Å². The molecule has 1 aliphatic heterocycles. The molecule has 0 bridgehead atoms. The number of benzene rings is 2. The summed E-state index contributed by atoms with van der Waals surface area (Å²) in [4.78, 5) is 13.5. The number of carbonyl (C=O) groups is 1. The van der Waals surface area contributed by atoms with E-state index in [1.54, 1.807) is 0 Å². The zero-order valence-corrected chi connectivity index (χ0v) is 14.9. The molecule has 1 N–H and O–H groups in total. The number of nitrogens with one attached hydrogen (secondary N) is 1. The van der Waals surface area contributed by atoms with Gasteiger partial charge in [0.05, 0.1) is 18.8 Å². The van der Waals surface area contributed by atoms with Gasteiger partial charge in [-0.1, -0.05) is 60.7 Å². The van der Waals surface area contributed by atoms with Crippen molar-refractivity contribution in [1.82, 2.24) is 10.2 Å². The van der Waals surface area contributed by atoms with Crippen molar-refractivity contribution in [2.45, 2.75) is 32.0 Å². The SMILES string of the molecule is CC(=O)NC(C)COC1CN(C(c2ccccc2)c2ccccc2)C1. The molecule has 0 aliphatic carbocycles. The van der Waals surface area contributed by atoms with Crippen LogP contribution in [0.4, 0.5) is 0 Å². The lowest BCUT2D eigenvalue weighted by molar-refractivity contribution is -0.121. The molecular weight excluding hydrogens is 312 g/mol. The molecule has 4 heteroatoms. The summed E-state index contributed by atoms with van der Waals surface area (Å²) in [7, 11) is 0. The molecule has 0 radical (unpaired) electrons. The zero-order chi connectivity index (χ0) is 17.6. The molecule has 1 amide bonds. The highest BCUT2D eigenvalue weighted by Crippen LogP contribution is 2.32. The second-order valence-electron chi connectivity index (χ2n) is 6.73. The lowest BCUT2D eigenvalue weighted by Gasteiger charge is -2.44. The Morgan fingerprint density at radius 2 is 1.60 bits per heavy atom. The van der Waals surface area contributed by atoms with Gasteiger partial charge in [0.1, 0.15) is 0 Å². The van der Waals surface area contributed by atoms with Crippen LogP contribution < -0.4 is 5.32 Å². The molecule has 1 unspecified atom stereocenters. The van der Waals surface area contributed by atoms with Crippen LogP contribution in [0.15, 0.2) is 60.7 Å². The summed E-state index contributed by atoms with van der Waals surface area (Å²) in [6.07, 6.45) is 0.228. The fourth-order valence-corrected chi connectivity index (χ4v) is 3.34. The van der Waals surface area contributed by atoms with E-state index in [0.717, 1.165) is 13.1 Å². The molecule has 1 aliphatic rings. The van der Waals surface area contributed by atoms with Crippen molar-refractivity contribution in [2.24, 2.45) is 0 Å². The summed E-state index contributed by atoms with van der Waals surface area (Å²) in [6.45, 7) is 5.86. The Morgan fingerprint density at radius 3 is 2.08 bits per heavy atom. The normalized spacial score (nSPS) is 16.4. The van der Waals surface area contributed by atoms with Crippen LogP contribution in [0, 0.1) is 0 Å². The van der Waals surface area contributed by atoms with Gasteiger partial charge in [-0.25, -0.2) is 0 Å². The van der Waals surface area contributed by atoms with E-state index in [4.69, 9.17) is 4.74 Å². The molecule has 2 aromatic carbocycles. The van der Waals surface area contributed by atoms with Gasteiger partial charge >= 0.3 is 0 Å². The van der Waals surface area contributed by atoms with Crippen molar-refractivity contribution in [1.29, 1.82) is 0 Å². The Balaban J connectivity index is 1.60. The number of hydrogen-bond acceptors (Lipinski definition) is 3. The molecule has 1 atom stereocenters. The van der Waals surface area contributed by atoms with Gasteiger partial charge in [-0.05, 0) is 18.1 Å². The molecule has 4 nitrogen and oxygen atoms in total. The summed E-state index contributed by atoms with van der Waals surface area (Å²) in [5.74, 6) is -0.0143. The van der Waals surface area contributed by atoms with Crippen molar-refractivity contribution < 1.29 is 9.53 Å². The predicted octanol–water partition coefficient (Wildman–Crippen LogP) is 3.00. The second-order valence-corrected chi connectivity index (χ2v) is 6.73. The van der Waals surface area contributed by atoms with E-state index in [-0.39, 0.29) is 24.1 Å². The van der Waals surface area contributed by atoms with Gasteiger partial charge in [0.25, 0.3) is 0 Å². The fourth-order valence-electron chi connectivity index (χ4n) is 3.34. The van der Waals surface area contributed by atoms with Crippen molar-refractivity contribution in [2.75, 3.05) is 19.7 Å². The van der Waals surface area contributed by atoms with Crippen molar-refractivity contribution in [3.63, 3.8) is 0 Å². The van der Waals surface area contributed by atoms with Crippen molar-refractivity contribution in [3.05, 3.63) is 71.8 Å². The van der Waals surface area contributed by atoms with Crippen molar-refractivity contribution >= 4 is 5.91 Å². The molecule has 1 saturated heterocycles. The van der Waals surface area contributed by atoms with E-state index < -0.39 is 0 Å². The number of nitrogens with zero attached hydrogens (tertiary/aromatic N) is 1. The maximum absolute atomic E-state index is 11.1. The summed E-state index contributed by atoms with van der Waals surface area (Å²) in [5.41, 5.74) is 2.61. The van der Waals surface area contributed by atoms with Crippen LogP contribution in [-0.2, 0) is 9.53 Å². The quantitative estimate of drug-likeness (QED) is 0.844. The Hall–Kier alpha value is -2.17. The fraction of sp³-hybridized carbons (Fsp3) is 0.381. The highest BCUT2D eigenvalue weighted by atomic mass is 16.5. The minimum Gasteiger partial charge on any atom is -0.373 e. The lowest BCUT2D eigenvalue weighted by Crippen LogP contribution is -2.54. The number of amides is 1. The van der Waals surface area contributed by atoms with Crippen LogP contribution in [0.5, 0.6) is 0 Å². The van der Waals surface area contributed by atoms with Gasteiger partial charge in [-0.3, -0.25) is 9.69 Å². The van der Waals surface area contributed by atoms with E-state index in [2.05, 4.69) is 70.9 Å². The zero-order valence-electron chi connectivity index (χ0n) is 14.9. The third-order valence-electron chi connectivity index (χ3n) is 4.50. The molecule has 0 saturated carbocycles. The molecule has 3 rings (SSSR count). The maximum atomic E-state index is 11.1. The topological polar surface area (TPSA) is 41.6 Å². The van der Waals surface area contributed by atoms with E-state index >= 15 is 0 Å². The Kier molecular flexibility index (Phi) is 5.84. The number of carbonyl (C=O) groups excluding carboxylic acids is 1. The minimum atomic E-state index is -0.0143. The Bertz CT molecular complexity index is 629. The third kappa shape index (κ3) is 4.68. The largest absolute Gasteiger partial charge is 0.373 e. The van der Waals surface area contributed by atoms with Gasteiger partial charge in [0.15, 0.2) is 0 Å². The lowest BCUT2D eigenvalue weighted by atomic mass is 9.94. The van der Waals surface area contributed by atoms with Gasteiger partial charge in [-0.2, -0.15) is 0 Å². The summed E-state index contributed by atoms with van der Waals surface area (Å²) >= 11 is 0. The highest BCUT2D eigenvalue weighted by molar-refractivity contribution is 5.73. The van der Waals surface area contributed by atoms with Gasteiger partial charge < -0.3 is 10.1 Å². The van der Waals surface area contributed by atoms with Crippen molar-refractivity contribution in [3.8, 4) is 0 Å². The molecular formula is C21H26N2O2. The summed E-state index contributed by atoms with van der Waals surface area (Å²) in [5, 5.41) is 2.85. The average molecular weight is 338 g/mol. The molecule has 25 heavy (non-hydrogen) atoms. The summed E-state index contributed by atoms with van der Waals surface area (Å²) in [6, 6.07) is 21.5. The Morgan fingerprint density at radius 1 is 1.08 bits per heavy atom. The van der Waals surface area contributed by atoms with Crippen LogP contribution in [0.1, 0.15) is 31.0 Å². The first-order valence-electron chi connectivity index (χ1n) is 8.86. The number of rotatable bonds is 7. The van der Waals surface area contributed by atoms with E-state index in [1.165, 1.54) is 18.1 Å². The van der Waals surface area contributed by atoms with Crippen LogP contribution in [0.2, 0.25) is 0 Å². The van der Waals surface area contributed by atoms with Crippen LogP contribution in [0.3, 0.4) is 0 Å². The summed E-state index contributed by atoms with van der Waals surface area (Å²) < 4.78 is 5.94. The smallest absolute Gasteiger partial charge is 0.217 e.